The highest BCUT2D eigenvalue weighted by atomic mass is 31.3. The molecule has 1 saturated heterocycles. The zero-order chi connectivity index (χ0) is 53.1. The minimum Gasteiger partial charge on any atom is -0.790 e. The van der Waals surface area contributed by atoms with E-state index in [-0.39, 0.29) is 54.3 Å². The van der Waals surface area contributed by atoms with Crippen molar-refractivity contribution in [2.75, 3.05) is 32.0 Å². The van der Waals surface area contributed by atoms with Gasteiger partial charge in [0.25, 0.3) is 22.1 Å². The maximum atomic E-state index is 13.1. The molecule has 402 valence electrons. The fraction of sp³-hybridized carbons (Fsp3) is 0.651. The normalized spacial score (nSPS) is 21.1. The number of phosphoric ester groups is 3. The predicted molar refractivity (Wildman–Crippen MR) is 245 cm³/mol. The molecule has 3 aromatic rings. The van der Waals surface area contributed by atoms with E-state index in [4.69, 9.17) is 15.2 Å². The molecule has 7 atom stereocenters. The van der Waals surface area contributed by atoms with Gasteiger partial charge in [-0.2, -0.15) is 0 Å². The molecule has 6 N–H and O–H groups in total. The quantitative estimate of drug-likeness (QED) is 0.0326. The van der Waals surface area contributed by atoms with Crippen LogP contribution >= 0.6 is 23.5 Å². The lowest BCUT2D eigenvalue weighted by Gasteiger charge is -2.36. The Morgan fingerprint density at radius 2 is 1.61 bits per heavy atom. The molecule has 2 aliphatic rings. The topological polar surface area (TPSA) is 401 Å². The number of phosphoric acid groups is 3. The van der Waals surface area contributed by atoms with Gasteiger partial charge in [0.15, 0.2) is 17.7 Å². The number of ether oxygens (including phenoxy) is 2. The summed E-state index contributed by atoms with van der Waals surface area (Å²) in [4.78, 5) is 109. The van der Waals surface area contributed by atoms with Gasteiger partial charge < -0.3 is 73.8 Å². The van der Waals surface area contributed by atoms with Crippen LogP contribution in [-0.2, 0) is 73.1 Å². The Bertz CT molecular complexity index is 2500. The lowest BCUT2D eigenvalue weighted by molar-refractivity contribution is -0.347. The molecule has 2 fully saturated rings. The lowest BCUT2D eigenvalue weighted by Crippen LogP contribution is -2.46. The average molecular weight is 1070 g/mol. The number of nitrogen functional groups attached to an aromatic ring is 1. The molecule has 0 bridgehead atoms. The number of hydrogen-bond acceptors (Lipinski definition) is 23. The van der Waals surface area contributed by atoms with Gasteiger partial charge in [0.2, 0.25) is 11.8 Å². The number of rotatable bonds is 32. The minimum atomic E-state index is -5.94. The van der Waals surface area contributed by atoms with Gasteiger partial charge in [-0.1, -0.05) is 58.4 Å². The van der Waals surface area contributed by atoms with E-state index in [0.717, 1.165) is 75.0 Å². The van der Waals surface area contributed by atoms with E-state index in [1.54, 1.807) is 0 Å². The number of aryl methyl sites for hydroxylation is 2. The number of nitrogens with two attached hydrogens (primary N) is 1. The number of anilines is 1. The third kappa shape index (κ3) is 17.5. The van der Waals surface area contributed by atoms with Gasteiger partial charge in [-0.15, -0.1) is 0 Å². The summed E-state index contributed by atoms with van der Waals surface area (Å²) in [6, 6.07) is 8.50. The molecule has 5 rings (SSSR count). The second kappa shape index (κ2) is 25.0. The average Bonchev–Trinajstić information content (AvgIpc) is 3.82. The molecule has 29 heteroatoms. The first-order valence-corrected chi connectivity index (χ1v) is 27.6. The van der Waals surface area contributed by atoms with Crippen LogP contribution in [0.3, 0.4) is 0 Å². The monoisotopic (exact) mass is 1070 g/mol. The Morgan fingerprint density at radius 1 is 0.958 bits per heavy atom. The van der Waals surface area contributed by atoms with Gasteiger partial charge in [-0.05, 0) is 68.9 Å². The van der Waals surface area contributed by atoms with Crippen molar-refractivity contribution in [3.05, 3.63) is 48.0 Å². The number of unbranched alkanes of at least 4 members (excludes halogenated alkanes) is 2. The number of nitrogens with one attached hydrogen (secondary N) is 2. The number of aliphatic hydroxyl groups excluding tert-OH is 2. The van der Waals surface area contributed by atoms with Crippen molar-refractivity contribution in [3.8, 4) is 0 Å². The number of ketones is 1. The van der Waals surface area contributed by atoms with Crippen molar-refractivity contribution in [2.45, 2.75) is 141 Å². The zero-order valence-electron chi connectivity index (χ0n) is 40.3. The SMILES string of the molecule is CC(C)(CCCCc1cccc(CCCCC2(OC=O)CC2)c1)C(=O)CCNC(=O)CCNC(=O)C(O)C(C)(C)COP(=O)([O-])OP(=O)([O-])OCC1OC(n2cnc3c(N)ncnc32)C(O)C1OP(=O)([O-])[O-]. The number of Topliss-reactive ketones (excluding diaryl/α,β-unsaturated/α-hetero) is 1. The van der Waals surface area contributed by atoms with E-state index in [0.29, 0.717) is 12.9 Å². The van der Waals surface area contributed by atoms with Crippen molar-refractivity contribution in [1.29, 1.82) is 0 Å². The standard InChI is InChI=1S/C43H66N7O19P3/c1-41(2,16-7-5-10-28-12-9-13-29(22-28)11-6-8-17-43(18-19-43)64-27-51)31(52)14-20-45-32(53)15-21-46-39(56)36(55)42(3,4)24-66-72(62,63)69-71(60,61)65-23-30-35(68-70(57,58)59)34(54)40(67-30)50-26-49-33-37(44)47-25-48-38(33)50/h9,12-13,22,25-27,30,34-36,40,54-55H,5-8,10-11,14-21,23-24H2,1-4H3,(H,45,53)(H,46,56)(H,60,61)(H,62,63)(H2,44,47,48)(H2,57,58,59)/p-4. The molecule has 1 saturated carbocycles. The van der Waals surface area contributed by atoms with Crippen molar-refractivity contribution < 1.29 is 90.0 Å². The molecule has 1 aliphatic carbocycles. The largest absolute Gasteiger partial charge is 0.790 e. The maximum absolute atomic E-state index is 13.1. The second-order valence-electron chi connectivity index (χ2n) is 19.2. The van der Waals surface area contributed by atoms with Gasteiger partial charge in [-0.3, -0.25) is 32.9 Å². The molecule has 7 unspecified atom stereocenters. The molecule has 2 aromatic heterocycles. The van der Waals surface area contributed by atoms with Crippen LogP contribution < -0.4 is 35.9 Å². The molecule has 3 heterocycles. The highest BCUT2D eigenvalue weighted by molar-refractivity contribution is 7.59. The molecular formula is C43H62N7O19P3-4. The van der Waals surface area contributed by atoms with Crippen molar-refractivity contribution in [1.82, 2.24) is 30.2 Å². The minimum absolute atomic E-state index is 0.0204. The number of benzene rings is 1. The number of carbonyl (C=O) groups is 4. The van der Waals surface area contributed by atoms with Crippen molar-refractivity contribution in [2.24, 2.45) is 10.8 Å². The number of amides is 2. The molecule has 72 heavy (non-hydrogen) atoms. The highest BCUT2D eigenvalue weighted by Gasteiger charge is 2.48. The highest BCUT2D eigenvalue weighted by Crippen LogP contribution is 2.56. The second-order valence-corrected chi connectivity index (χ2v) is 23.2. The zero-order valence-corrected chi connectivity index (χ0v) is 43.0. The molecule has 1 aromatic carbocycles. The number of imidazole rings is 1. The Morgan fingerprint density at radius 3 is 2.26 bits per heavy atom. The fourth-order valence-corrected chi connectivity index (χ4v) is 10.7. The summed E-state index contributed by atoms with van der Waals surface area (Å²) in [5.74, 6) is -1.62. The summed E-state index contributed by atoms with van der Waals surface area (Å²) in [6.07, 6.45) is 1.41. The Kier molecular flexibility index (Phi) is 20.4. The van der Waals surface area contributed by atoms with Crippen molar-refractivity contribution in [3.63, 3.8) is 0 Å². The van der Waals surface area contributed by atoms with Crippen LogP contribution in [0.15, 0.2) is 36.9 Å². The summed E-state index contributed by atoms with van der Waals surface area (Å²) in [5, 5.41) is 26.5. The van der Waals surface area contributed by atoms with Gasteiger partial charge in [0.05, 0.1) is 27.4 Å². The van der Waals surface area contributed by atoms with Crippen LogP contribution in [-0.4, -0.2) is 110 Å². The van der Waals surface area contributed by atoms with Crippen LogP contribution in [0.1, 0.15) is 109 Å². The predicted octanol–water partition coefficient (Wildman–Crippen LogP) is 0.694. The molecule has 0 spiro atoms. The van der Waals surface area contributed by atoms with E-state index in [1.807, 2.05) is 13.8 Å². The van der Waals surface area contributed by atoms with Crippen LogP contribution in [0.25, 0.3) is 11.2 Å². The van der Waals surface area contributed by atoms with E-state index in [9.17, 15) is 62.7 Å². The Balaban J connectivity index is 0.969. The smallest absolute Gasteiger partial charge is 0.293 e. The number of fused-ring (bicyclic) bond motifs is 1. The Labute approximate surface area is 415 Å². The summed E-state index contributed by atoms with van der Waals surface area (Å²) >= 11 is 0. The number of aromatic nitrogens is 4. The van der Waals surface area contributed by atoms with Crippen LogP contribution in [0.5, 0.6) is 0 Å². The third-order valence-corrected chi connectivity index (χ3v) is 15.5. The first kappa shape index (κ1) is 58.8. The first-order valence-electron chi connectivity index (χ1n) is 23.2. The molecule has 26 nitrogen and oxygen atoms in total. The number of carbonyl (C=O) groups excluding carboxylic acids is 4. The van der Waals surface area contributed by atoms with Crippen LogP contribution in [0.4, 0.5) is 5.82 Å². The van der Waals surface area contributed by atoms with Gasteiger partial charge in [-0.25, -0.2) is 19.3 Å². The summed E-state index contributed by atoms with van der Waals surface area (Å²) in [5.41, 5.74) is 5.72. The molecule has 1 aliphatic heterocycles. The number of nitrogens with zero attached hydrogens (tertiary/aromatic N) is 4. The first-order chi connectivity index (χ1) is 33.7. The fourth-order valence-electron chi connectivity index (χ4n) is 7.99. The summed E-state index contributed by atoms with van der Waals surface area (Å²) < 4.78 is 66.2. The van der Waals surface area contributed by atoms with E-state index in [2.05, 4.69) is 67.7 Å². The number of hydrogen-bond donors (Lipinski definition) is 5. The lowest BCUT2D eigenvalue weighted by atomic mass is 9.81. The molecule has 2 amide bonds. The summed E-state index contributed by atoms with van der Waals surface area (Å²) in [6.45, 7) is 4.21. The third-order valence-electron chi connectivity index (χ3n) is 12.4. The molecular weight excluding hydrogens is 1010 g/mol. The van der Waals surface area contributed by atoms with E-state index < -0.39 is 90.0 Å². The van der Waals surface area contributed by atoms with Gasteiger partial charge >= 0.3 is 0 Å². The van der Waals surface area contributed by atoms with Crippen LogP contribution in [0, 0.1) is 10.8 Å². The van der Waals surface area contributed by atoms with E-state index in [1.165, 1.54) is 25.0 Å². The summed E-state index contributed by atoms with van der Waals surface area (Å²) in [7, 11) is -17.7. The van der Waals surface area contributed by atoms with Crippen molar-refractivity contribution >= 4 is 64.5 Å². The molecule has 0 radical (unpaired) electrons. The van der Waals surface area contributed by atoms with Gasteiger partial charge in [0.1, 0.15) is 47.6 Å². The van der Waals surface area contributed by atoms with E-state index >= 15 is 0 Å². The Hall–Kier alpha value is -4.10. The number of aliphatic hydroxyl groups is 2. The van der Waals surface area contributed by atoms with Gasteiger partial charge in [0, 0.05) is 36.8 Å². The maximum Gasteiger partial charge on any atom is 0.293 e. The van der Waals surface area contributed by atoms with Crippen LogP contribution in [0.2, 0.25) is 0 Å².